The standard InChI is InChI=1S/C24H27N5O3/c30-23(31)20-17-25-22-19(20)7-4-8-21(22)27-12-9-26(10-13-27)11-14-28-15-16-29(24(28)32)18-5-2-1-3-6-18/h1-8,17,25H,9-16H2,(H,30,31). The fraction of sp³-hybridized carbons (Fsp3) is 0.333. The fourth-order valence-corrected chi connectivity index (χ4v) is 4.69. The molecule has 2 aliphatic heterocycles. The van der Waals surface area contributed by atoms with Gasteiger partial charge in [-0.15, -0.1) is 0 Å². The molecule has 8 heteroatoms. The van der Waals surface area contributed by atoms with Gasteiger partial charge in [-0.2, -0.15) is 0 Å². The van der Waals surface area contributed by atoms with Gasteiger partial charge in [0, 0.05) is 69.6 Å². The predicted octanol–water partition coefficient (Wildman–Crippen LogP) is 2.93. The van der Waals surface area contributed by atoms with Gasteiger partial charge in [0.2, 0.25) is 0 Å². The SMILES string of the molecule is O=C(O)c1c[nH]c2c(N3CCN(CCN4CCN(c5ccccc5)C4=O)CC3)cccc12. The largest absolute Gasteiger partial charge is 0.478 e. The van der Waals surface area contributed by atoms with E-state index in [1.807, 2.05) is 58.3 Å². The van der Waals surface area contributed by atoms with Gasteiger partial charge in [-0.1, -0.05) is 30.3 Å². The Morgan fingerprint density at radius 1 is 0.906 bits per heavy atom. The van der Waals surface area contributed by atoms with Gasteiger partial charge in [-0.25, -0.2) is 9.59 Å². The summed E-state index contributed by atoms with van der Waals surface area (Å²) in [4.78, 5) is 35.8. The highest BCUT2D eigenvalue weighted by Crippen LogP contribution is 2.29. The zero-order valence-corrected chi connectivity index (χ0v) is 17.9. The smallest absolute Gasteiger partial charge is 0.337 e. The number of nitrogens with one attached hydrogen (secondary N) is 1. The molecule has 0 radical (unpaired) electrons. The van der Waals surface area contributed by atoms with Gasteiger partial charge < -0.3 is 19.9 Å². The van der Waals surface area contributed by atoms with Crippen molar-refractivity contribution in [2.75, 3.05) is 62.2 Å². The van der Waals surface area contributed by atoms with Crippen molar-refractivity contribution in [3.63, 3.8) is 0 Å². The lowest BCUT2D eigenvalue weighted by Gasteiger charge is -2.36. The predicted molar refractivity (Wildman–Crippen MR) is 125 cm³/mol. The summed E-state index contributed by atoms with van der Waals surface area (Å²) in [6.07, 6.45) is 1.57. The molecule has 0 spiro atoms. The molecule has 32 heavy (non-hydrogen) atoms. The lowest BCUT2D eigenvalue weighted by molar-refractivity contribution is 0.0699. The van der Waals surface area contributed by atoms with Gasteiger partial charge in [-0.05, 0) is 18.2 Å². The number of carbonyl (C=O) groups is 2. The first-order valence-corrected chi connectivity index (χ1v) is 11.0. The molecule has 0 saturated carbocycles. The van der Waals surface area contributed by atoms with E-state index in [0.29, 0.717) is 5.56 Å². The zero-order chi connectivity index (χ0) is 22.1. The van der Waals surface area contributed by atoms with Gasteiger partial charge in [0.15, 0.2) is 0 Å². The maximum Gasteiger partial charge on any atom is 0.337 e. The van der Waals surface area contributed by atoms with E-state index in [1.165, 1.54) is 0 Å². The Labute approximate surface area is 186 Å². The quantitative estimate of drug-likeness (QED) is 0.625. The molecule has 166 valence electrons. The van der Waals surface area contributed by atoms with E-state index >= 15 is 0 Å². The molecule has 2 N–H and O–H groups in total. The second-order valence-electron chi connectivity index (χ2n) is 8.29. The number of aromatic carboxylic acids is 1. The molecule has 0 atom stereocenters. The third-order valence-electron chi connectivity index (χ3n) is 6.49. The second kappa shape index (κ2) is 8.55. The molecule has 2 aromatic carbocycles. The number of carbonyl (C=O) groups excluding carboxylic acids is 1. The molecule has 2 saturated heterocycles. The van der Waals surface area contributed by atoms with E-state index in [4.69, 9.17) is 0 Å². The van der Waals surface area contributed by atoms with E-state index in [-0.39, 0.29) is 6.03 Å². The molecule has 0 aliphatic carbocycles. The number of aromatic amines is 1. The molecule has 0 unspecified atom stereocenters. The van der Waals surface area contributed by atoms with Crippen LogP contribution in [0.4, 0.5) is 16.2 Å². The van der Waals surface area contributed by atoms with Crippen molar-refractivity contribution < 1.29 is 14.7 Å². The maximum absolute atomic E-state index is 12.8. The Hall–Kier alpha value is -3.52. The van der Waals surface area contributed by atoms with Crippen molar-refractivity contribution in [1.29, 1.82) is 0 Å². The van der Waals surface area contributed by atoms with Crippen LogP contribution in [0.15, 0.2) is 54.7 Å². The van der Waals surface area contributed by atoms with Crippen molar-refractivity contribution in [3.8, 4) is 0 Å². The number of amides is 2. The number of hydrogen-bond acceptors (Lipinski definition) is 4. The Balaban J connectivity index is 1.16. The van der Waals surface area contributed by atoms with Crippen LogP contribution in [0.3, 0.4) is 0 Å². The Morgan fingerprint density at radius 3 is 2.44 bits per heavy atom. The van der Waals surface area contributed by atoms with Crippen molar-refractivity contribution in [1.82, 2.24) is 14.8 Å². The van der Waals surface area contributed by atoms with Crippen molar-refractivity contribution >= 4 is 34.3 Å². The Kier molecular flexibility index (Phi) is 5.45. The minimum absolute atomic E-state index is 0.0856. The highest BCUT2D eigenvalue weighted by Gasteiger charge is 2.30. The Morgan fingerprint density at radius 2 is 1.69 bits per heavy atom. The third-order valence-corrected chi connectivity index (χ3v) is 6.49. The van der Waals surface area contributed by atoms with E-state index in [9.17, 15) is 14.7 Å². The second-order valence-corrected chi connectivity index (χ2v) is 8.29. The van der Waals surface area contributed by atoms with Crippen LogP contribution in [-0.2, 0) is 0 Å². The number of anilines is 2. The van der Waals surface area contributed by atoms with Crippen LogP contribution in [-0.4, -0.2) is 84.2 Å². The molecule has 3 heterocycles. The molecule has 1 aromatic heterocycles. The Bertz CT molecular complexity index is 1120. The normalized spacial score (nSPS) is 17.5. The number of piperazine rings is 1. The van der Waals surface area contributed by atoms with Gasteiger partial charge in [0.1, 0.15) is 0 Å². The van der Waals surface area contributed by atoms with Crippen LogP contribution < -0.4 is 9.80 Å². The number of H-pyrrole nitrogens is 1. The van der Waals surface area contributed by atoms with Crippen molar-refractivity contribution in [2.45, 2.75) is 0 Å². The first kappa shape index (κ1) is 20.4. The fourth-order valence-electron chi connectivity index (χ4n) is 4.69. The van der Waals surface area contributed by atoms with Crippen molar-refractivity contribution in [2.24, 2.45) is 0 Å². The van der Waals surface area contributed by atoms with Crippen LogP contribution in [0.2, 0.25) is 0 Å². The molecule has 2 amide bonds. The van der Waals surface area contributed by atoms with E-state index in [1.54, 1.807) is 6.20 Å². The molecule has 3 aromatic rings. The highest BCUT2D eigenvalue weighted by molar-refractivity contribution is 6.06. The molecular formula is C24H27N5O3. The number of rotatable bonds is 6. The van der Waals surface area contributed by atoms with Crippen LogP contribution >= 0.6 is 0 Å². The molecule has 0 bridgehead atoms. The third kappa shape index (κ3) is 3.78. The van der Waals surface area contributed by atoms with Crippen LogP contribution in [0, 0.1) is 0 Å². The van der Waals surface area contributed by atoms with E-state index < -0.39 is 5.97 Å². The molecule has 2 aliphatic rings. The summed E-state index contributed by atoms with van der Waals surface area (Å²) in [5.41, 5.74) is 3.18. The number of hydrogen-bond donors (Lipinski definition) is 2. The summed E-state index contributed by atoms with van der Waals surface area (Å²) < 4.78 is 0. The van der Waals surface area contributed by atoms with Crippen molar-refractivity contribution in [3.05, 3.63) is 60.3 Å². The average Bonchev–Trinajstić information content (AvgIpc) is 3.42. The maximum atomic E-state index is 12.8. The van der Waals surface area contributed by atoms with E-state index in [0.717, 1.165) is 74.6 Å². The monoisotopic (exact) mass is 433 g/mol. The van der Waals surface area contributed by atoms with Gasteiger partial charge in [0.25, 0.3) is 0 Å². The summed E-state index contributed by atoms with van der Waals surface area (Å²) in [7, 11) is 0. The van der Waals surface area contributed by atoms with Gasteiger partial charge >= 0.3 is 12.0 Å². The molecule has 8 nitrogen and oxygen atoms in total. The number of carboxylic acids is 1. The number of fused-ring (bicyclic) bond motifs is 1. The average molecular weight is 434 g/mol. The lowest BCUT2D eigenvalue weighted by atomic mass is 10.1. The number of urea groups is 1. The molecule has 5 rings (SSSR count). The number of carboxylic acid groups (broad SMARTS) is 1. The molecular weight excluding hydrogens is 406 g/mol. The van der Waals surface area contributed by atoms with Crippen LogP contribution in [0.1, 0.15) is 10.4 Å². The highest BCUT2D eigenvalue weighted by atomic mass is 16.4. The lowest BCUT2D eigenvalue weighted by Crippen LogP contribution is -2.49. The minimum atomic E-state index is -0.916. The summed E-state index contributed by atoms with van der Waals surface area (Å²) in [5.74, 6) is -0.916. The summed E-state index contributed by atoms with van der Waals surface area (Å²) in [6, 6.07) is 15.7. The van der Waals surface area contributed by atoms with Crippen LogP contribution in [0.5, 0.6) is 0 Å². The van der Waals surface area contributed by atoms with Crippen LogP contribution in [0.25, 0.3) is 10.9 Å². The summed E-state index contributed by atoms with van der Waals surface area (Å²) in [5, 5.41) is 10.1. The number of para-hydroxylation sites is 2. The number of benzene rings is 2. The molecule has 2 fully saturated rings. The summed E-state index contributed by atoms with van der Waals surface area (Å²) in [6.45, 7) is 6.63. The minimum Gasteiger partial charge on any atom is -0.478 e. The number of aromatic nitrogens is 1. The zero-order valence-electron chi connectivity index (χ0n) is 17.9. The van der Waals surface area contributed by atoms with Gasteiger partial charge in [0.05, 0.1) is 16.8 Å². The first-order chi connectivity index (χ1) is 15.6. The summed E-state index contributed by atoms with van der Waals surface area (Å²) >= 11 is 0. The topological polar surface area (TPSA) is 83.1 Å². The van der Waals surface area contributed by atoms with Gasteiger partial charge in [-0.3, -0.25) is 9.80 Å². The first-order valence-electron chi connectivity index (χ1n) is 11.0. The van der Waals surface area contributed by atoms with E-state index in [2.05, 4.69) is 14.8 Å². The number of nitrogens with zero attached hydrogens (tertiary/aromatic N) is 4.